The van der Waals surface area contributed by atoms with Gasteiger partial charge in [0.1, 0.15) is 5.76 Å². The van der Waals surface area contributed by atoms with Gasteiger partial charge in [-0.3, -0.25) is 0 Å². The number of allylic oxidation sites excluding steroid dienone is 1. The van der Waals surface area contributed by atoms with Crippen molar-refractivity contribution in [1.29, 1.82) is 0 Å². The molecule has 62 valence electrons. The van der Waals surface area contributed by atoms with Crippen LogP contribution in [0.1, 0.15) is 20.3 Å². The highest BCUT2D eigenvalue weighted by Crippen LogP contribution is 2.09. The summed E-state index contributed by atoms with van der Waals surface area (Å²) in [6.45, 7) is 6.56. The molecular weight excluding hydrogens is 144 g/mol. The molecule has 3 nitrogen and oxygen atoms in total. The quantitative estimate of drug-likeness (QED) is 0.440. The van der Waals surface area contributed by atoms with Gasteiger partial charge in [0.15, 0.2) is 0 Å². The maximum absolute atomic E-state index is 10.3. The Hall–Kier alpha value is -1.25. The van der Waals surface area contributed by atoms with Gasteiger partial charge in [-0.25, -0.2) is 0 Å². The van der Waals surface area contributed by atoms with Crippen LogP contribution in [0.4, 0.5) is 0 Å². The van der Waals surface area contributed by atoms with E-state index in [1.165, 1.54) is 13.2 Å². The molecule has 0 bridgehead atoms. The smallest absolute Gasteiger partial charge is 0.108 e. The van der Waals surface area contributed by atoms with Crippen LogP contribution in [0.5, 0.6) is 0 Å². The molecule has 11 heavy (non-hydrogen) atoms. The van der Waals surface area contributed by atoms with Crippen LogP contribution in [0, 0.1) is 0 Å². The molecule has 0 radical (unpaired) electrons. The molecule has 0 saturated carbocycles. The van der Waals surface area contributed by atoms with Crippen LogP contribution in [0.2, 0.25) is 0 Å². The van der Waals surface area contributed by atoms with E-state index in [2.05, 4.69) is 6.58 Å². The van der Waals surface area contributed by atoms with Crippen LogP contribution in [0.3, 0.4) is 0 Å². The first-order valence-corrected chi connectivity index (χ1v) is 3.32. The molecule has 0 aliphatic heterocycles. The topological polar surface area (TPSA) is 49.4 Å². The molecule has 0 aromatic heterocycles. The van der Waals surface area contributed by atoms with Crippen molar-refractivity contribution >= 4 is 5.97 Å². The van der Waals surface area contributed by atoms with Crippen molar-refractivity contribution in [2.24, 2.45) is 0 Å². The normalized spacial score (nSPS) is 11.8. The number of ether oxygens (including phenoxy) is 1. The van der Waals surface area contributed by atoms with E-state index >= 15 is 0 Å². The molecule has 0 heterocycles. The maximum atomic E-state index is 10.3. The minimum absolute atomic E-state index is 0.118. The lowest BCUT2D eigenvalue weighted by Gasteiger charge is -2.08. The van der Waals surface area contributed by atoms with E-state index in [0.717, 1.165) is 0 Å². The summed E-state index contributed by atoms with van der Waals surface area (Å²) < 4.78 is 4.84. The standard InChI is InChI=1S/C8H12O3/c1-4-7(11-5-2)6(3)8(9)10/h5H,2,4H2,1,3H3,(H,9,10)/p-1/b7-6+. The number of hydrogen-bond acceptors (Lipinski definition) is 3. The summed E-state index contributed by atoms with van der Waals surface area (Å²) in [7, 11) is 0. The van der Waals surface area contributed by atoms with Gasteiger partial charge < -0.3 is 14.6 Å². The van der Waals surface area contributed by atoms with Crippen LogP contribution in [0.25, 0.3) is 0 Å². The van der Waals surface area contributed by atoms with Crippen LogP contribution >= 0.6 is 0 Å². The highest BCUT2D eigenvalue weighted by molar-refractivity contribution is 5.84. The van der Waals surface area contributed by atoms with E-state index in [1.807, 2.05) is 0 Å². The van der Waals surface area contributed by atoms with Gasteiger partial charge in [0.25, 0.3) is 0 Å². The Labute approximate surface area is 66.0 Å². The minimum atomic E-state index is -1.20. The fraction of sp³-hybridized carbons (Fsp3) is 0.375. The molecule has 0 unspecified atom stereocenters. The van der Waals surface area contributed by atoms with Crippen LogP contribution in [-0.4, -0.2) is 5.97 Å². The zero-order valence-corrected chi connectivity index (χ0v) is 6.72. The number of carbonyl (C=O) groups excluding carboxylic acids is 1. The predicted molar refractivity (Wildman–Crippen MR) is 39.3 cm³/mol. The molecule has 0 fully saturated rings. The summed E-state index contributed by atoms with van der Waals surface area (Å²) in [5.74, 6) is -0.816. The molecule has 0 rings (SSSR count). The lowest BCUT2D eigenvalue weighted by atomic mass is 10.2. The Balaban J connectivity index is 4.52. The van der Waals surface area contributed by atoms with Gasteiger partial charge in [-0.05, 0) is 6.92 Å². The molecule has 0 spiro atoms. The van der Waals surface area contributed by atoms with E-state index < -0.39 is 5.97 Å². The number of hydrogen-bond donors (Lipinski definition) is 0. The number of rotatable bonds is 4. The number of aliphatic carboxylic acids is 1. The van der Waals surface area contributed by atoms with Crippen LogP contribution in [0.15, 0.2) is 24.2 Å². The van der Waals surface area contributed by atoms with Crippen molar-refractivity contribution in [2.45, 2.75) is 20.3 Å². The summed E-state index contributed by atoms with van der Waals surface area (Å²) in [6, 6.07) is 0. The van der Waals surface area contributed by atoms with Gasteiger partial charge in [-0.15, -0.1) is 0 Å². The van der Waals surface area contributed by atoms with E-state index in [-0.39, 0.29) is 5.57 Å². The second-order valence-corrected chi connectivity index (χ2v) is 1.97. The SMILES string of the molecule is C=CO/C(CC)=C(\C)C(=O)[O-]. The van der Waals surface area contributed by atoms with Crippen molar-refractivity contribution in [3.05, 3.63) is 24.2 Å². The van der Waals surface area contributed by atoms with Crippen molar-refractivity contribution in [1.82, 2.24) is 0 Å². The van der Waals surface area contributed by atoms with Gasteiger partial charge >= 0.3 is 0 Å². The largest absolute Gasteiger partial charge is 0.545 e. The summed E-state index contributed by atoms with van der Waals surface area (Å²) in [5, 5.41) is 10.3. The van der Waals surface area contributed by atoms with Crippen molar-refractivity contribution in [3.8, 4) is 0 Å². The zero-order chi connectivity index (χ0) is 8.85. The van der Waals surface area contributed by atoms with E-state index in [4.69, 9.17) is 4.74 Å². The third-order valence-electron chi connectivity index (χ3n) is 1.27. The molecule has 0 aromatic carbocycles. The fourth-order valence-electron chi connectivity index (χ4n) is 0.651. The number of carbonyl (C=O) groups is 1. The first-order chi connectivity index (χ1) is 5.13. The molecule has 0 amide bonds. The Morgan fingerprint density at radius 3 is 2.55 bits per heavy atom. The van der Waals surface area contributed by atoms with Gasteiger partial charge in [0.2, 0.25) is 0 Å². The van der Waals surface area contributed by atoms with E-state index in [9.17, 15) is 9.90 Å². The second kappa shape index (κ2) is 4.55. The lowest BCUT2D eigenvalue weighted by molar-refractivity contribution is -0.299. The predicted octanol–water partition coefficient (Wildman–Crippen LogP) is 0.580. The highest BCUT2D eigenvalue weighted by Gasteiger charge is 2.00. The first kappa shape index (κ1) is 9.75. The molecule has 0 aliphatic carbocycles. The van der Waals surface area contributed by atoms with Crippen molar-refractivity contribution in [2.75, 3.05) is 0 Å². The lowest BCUT2D eigenvalue weighted by Crippen LogP contribution is -2.24. The number of carboxylic acid groups (broad SMARTS) is 1. The average molecular weight is 155 g/mol. The summed E-state index contributed by atoms with van der Waals surface area (Å²) in [5.41, 5.74) is 0.118. The van der Waals surface area contributed by atoms with Crippen LogP contribution in [-0.2, 0) is 9.53 Å². The van der Waals surface area contributed by atoms with E-state index in [1.54, 1.807) is 6.92 Å². The van der Waals surface area contributed by atoms with Gasteiger partial charge in [-0.2, -0.15) is 0 Å². The first-order valence-electron chi connectivity index (χ1n) is 3.32. The summed E-state index contributed by atoms with van der Waals surface area (Å²) in [4.78, 5) is 10.3. The second-order valence-electron chi connectivity index (χ2n) is 1.97. The third kappa shape index (κ3) is 2.89. The highest BCUT2D eigenvalue weighted by atomic mass is 16.5. The molecule has 3 heteroatoms. The van der Waals surface area contributed by atoms with Gasteiger partial charge in [0, 0.05) is 12.0 Å². The summed E-state index contributed by atoms with van der Waals surface area (Å²) in [6.07, 6.45) is 1.72. The number of carboxylic acids is 1. The molecule has 0 aliphatic rings. The van der Waals surface area contributed by atoms with Crippen molar-refractivity contribution in [3.63, 3.8) is 0 Å². The molecule has 0 N–H and O–H groups in total. The Morgan fingerprint density at radius 2 is 2.27 bits per heavy atom. The monoisotopic (exact) mass is 155 g/mol. The fourth-order valence-corrected chi connectivity index (χ4v) is 0.651. The average Bonchev–Trinajstić information content (AvgIpc) is 1.98. The molecular formula is C8H11O3-. The van der Waals surface area contributed by atoms with E-state index in [0.29, 0.717) is 12.2 Å². The third-order valence-corrected chi connectivity index (χ3v) is 1.27. The zero-order valence-electron chi connectivity index (χ0n) is 6.72. The van der Waals surface area contributed by atoms with Crippen LogP contribution < -0.4 is 5.11 Å². The molecule has 0 atom stereocenters. The Kier molecular flexibility index (Phi) is 4.03. The Morgan fingerprint density at radius 1 is 1.73 bits per heavy atom. The van der Waals surface area contributed by atoms with Gasteiger partial charge in [0.05, 0.1) is 12.2 Å². The molecule has 0 saturated heterocycles. The Bertz CT molecular complexity index is 192. The molecule has 0 aromatic rings. The van der Waals surface area contributed by atoms with Crippen molar-refractivity contribution < 1.29 is 14.6 Å². The van der Waals surface area contributed by atoms with Gasteiger partial charge in [-0.1, -0.05) is 13.5 Å². The minimum Gasteiger partial charge on any atom is -0.545 e. The maximum Gasteiger partial charge on any atom is 0.108 e. The summed E-state index contributed by atoms with van der Waals surface area (Å²) >= 11 is 0.